The fraction of sp³-hybridized carbons (Fsp3) is 0.200. The second-order valence-electron chi connectivity index (χ2n) is 6.65. The molecule has 4 aromatic rings. The lowest BCUT2D eigenvalue weighted by Crippen LogP contribution is -2.48. The Morgan fingerprint density at radius 1 is 1.19 bits per heavy atom. The summed E-state index contributed by atoms with van der Waals surface area (Å²) in [7, 11) is 0. The van der Waals surface area contributed by atoms with Gasteiger partial charge in [-0.2, -0.15) is 4.98 Å². The van der Waals surface area contributed by atoms with Crippen LogP contribution in [-0.2, 0) is 6.42 Å². The van der Waals surface area contributed by atoms with Gasteiger partial charge in [-0.3, -0.25) is 4.79 Å². The first-order chi connectivity index (χ1) is 13.3. The molecule has 0 bridgehead atoms. The molecule has 0 aliphatic carbocycles. The lowest BCUT2D eigenvalue weighted by Gasteiger charge is -2.37. The summed E-state index contributed by atoms with van der Waals surface area (Å²) in [5.74, 6) is 1.43. The maximum Gasteiger partial charge on any atom is 0.253 e. The highest BCUT2D eigenvalue weighted by molar-refractivity contribution is 7.16. The molecule has 0 radical (unpaired) electrons. The van der Waals surface area contributed by atoms with Crippen molar-refractivity contribution in [1.82, 2.24) is 20.0 Å². The zero-order valence-corrected chi connectivity index (χ0v) is 15.2. The molecule has 1 amide bonds. The SMILES string of the molecule is O=C(c1ccc2ncsc2c1)N1CC(c2nc(Cc3ccccc3)no2)C1. The fourth-order valence-corrected chi connectivity index (χ4v) is 3.97. The molecule has 1 saturated heterocycles. The largest absolute Gasteiger partial charge is 0.339 e. The van der Waals surface area contributed by atoms with E-state index in [1.165, 1.54) is 0 Å². The Hall–Kier alpha value is -3.06. The number of fused-ring (bicyclic) bond motifs is 1. The minimum Gasteiger partial charge on any atom is -0.339 e. The number of hydrogen-bond donors (Lipinski definition) is 0. The average molecular weight is 376 g/mol. The Balaban J connectivity index is 1.23. The van der Waals surface area contributed by atoms with Crippen LogP contribution in [0.3, 0.4) is 0 Å². The second kappa shape index (κ2) is 6.59. The molecule has 27 heavy (non-hydrogen) atoms. The molecule has 1 aliphatic heterocycles. The number of carbonyl (C=O) groups is 1. The minimum atomic E-state index is 0.0329. The van der Waals surface area contributed by atoms with Crippen molar-refractivity contribution in [2.45, 2.75) is 12.3 Å². The van der Waals surface area contributed by atoms with Crippen molar-refractivity contribution >= 4 is 27.5 Å². The van der Waals surface area contributed by atoms with Gasteiger partial charge in [0.15, 0.2) is 5.82 Å². The molecule has 7 heteroatoms. The maximum atomic E-state index is 12.7. The van der Waals surface area contributed by atoms with E-state index in [-0.39, 0.29) is 11.8 Å². The summed E-state index contributed by atoms with van der Waals surface area (Å²) in [4.78, 5) is 23.2. The summed E-state index contributed by atoms with van der Waals surface area (Å²) in [6.45, 7) is 1.21. The molecule has 0 N–H and O–H groups in total. The van der Waals surface area contributed by atoms with Gasteiger partial charge in [0, 0.05) is 25.1 Å². The van der Waals surface area contributed by atoms with Crippen LogP contribution >= 0.6 is 11.3 Å². The maximum absolute atomic E-state index is 12.7. The number of benzene rings is 2. The van der Waals surface area contributed by atoms with E-state index in [0.29, 0.717) is 36.8 Å². The van der Waals surface area contributed by atoms with Crippen molar-refractivity contribution in [3.63, 3.8) is 0 Å². The summed E-state index contributed by atoms with van der Waals surface area (Å²) in [5, 5.41) is 4.08. The summed E-state index contributed by atoms with van der Waals surface area (Å²) in [6, 6.07) is 15.7. The number of aromatic nitrogens is 3. The molecular weight excluding hydrogens is 360 g/mol. The summed E-state index contributed by atoms with van der Waals surface area (Å²) >= 11 is 1.54. The van der Waals surface area contributed by atoms with Crippen LogP contribution in [0.5, 0.6) is 0 Å². The third-order valence-electron chi connectivity index (χ3n) is 4.79. The Labute approximate surface area is 159 Å². The van der Waals surface area contributed by atoms with Gasteiger partial charge in [0.25, 0.3) is 5.91 Å². The van der Waals surface area contributed by atoms with Crippen LogP contribution in [0.2, 0.25) is 0 Å². The zero-order valence-electron chi connectivity index (χ0n) is 14.4. The minimum absolute atomic E-state index is 0.0329. The van der Waals surface area contributed by atoms with E-state index in [4.69, 9.17) is 4.52 Å². The van der Waals surface area contributed by atoms with Gasteiger partial charge < -0.3 is 9.42 Å². The highest BCUT2D eigenvalue weighted by atomic mass is 32.1. The van der Waals surface area contributed by atoms with Crippen molar-refractivity contribution in [3.05, 3.63) is 76.9 Å². The van der Waals surface area contributed by atoms with Crippen molar-refractivity contribution in [1.29, 1.82) is 0 Å². The number of thiazole rings is 1. The standard InChI is InChI=1S/C20H16N4O2S/c25-20(14-6-7-16-17(9-14)27-12-21-16)24-10-15(11-24)19-22-18(23-26-19)8-13-4-2-1-3-5-13/h1-7,9,12,15H,8,10-11H2. The Morgan fingerprint density at radius 2 is 2.04 bits per heavy atom. The van der Waals surface area contributed by atoms with Crippen molar-refractivity contribution in [2.75, 3.05) is 13.1 Å². The lowest BCUT2D eigenvalue weighted by atomic mass is 9.98. The number of nitrogens with zero attached hydrogens (tertiary/aromatic N) is 4. The summed E-state index contributed by atoms with van der Waals surface area (Å²) < 4.78 is 6.44. The lowest BCUT2D eigenvalue weighted by molar-refractivity contribution is 0.0569. The number of carbonyl (C=O) groups excluding carboxylic acids is 1. The number of hydrogen-bond acceptors (Lipinski definition) is 6. The van der Waals surface area contributed by atoms with Crippen molar-refractivity contribution in [2.24, 2.45) is 0 Å². The topological polar surface area (TPSA) is 72.1 Å². The van der Waals surface area contributed by atoms with E-state index in [1.54, 1.807) is 16.8 Å². The van der Waals surface area contributed by atoms with Gasteiger partial charge in [-0.15, -0.1) is 11.3 Å². The van der Waals surface area contributed by atoms with E-state index in [9.17, 15) is 4.79 Å². The molecule has 0 atom stereocenters. The quantitative estimate of drug-likeness (QED) is 0.545. The van der Waals surface area contributed by atoms with E-state index in [0.717, 1.165) is 15.8 Å². The molecule has 134 valence electrons. The highest BCUT2D eigenvalue weighted by Crippen LogP contribution is 2.28. The molecule has 1 aliphatic rings. The summed E-state index contributed by atoms with van der Waals surface area (Å²) in [5.41, 5.74) is 4.56. The smallest absolute Gasteiger partial charge is 0.253 e. The molecule has 2 aromatic heterocycles. The predicted molar refractivity (Wildman–Crippen MR) is 102 cm³/mol. The van der Waals surface area contributed by atoms with Crippen LogP contribution in [-0.4, -0.2) is 39.0 Å². The van der Waals surface area contributed by atoms with Crippen LogP contribution in [0.15, 0.2) is 58.6 Å². The van der Waals surface area contributed by atoms with Crippen LogP contribution in [0.1, 0.15) is 33.6 Å². The molecule has 5 rings (SSSR count). The second-order valence-corrected chi connectivity index (χ2v) is 7.54. The first-order valence-electron chi connectivity index (χ1n) is 8.75. The molecule has 2 aromatic carbocycles. The van der Waals surface area contributed by atoms with Crippen LogP contribution < -0.4 is 0 Å². The fourth-order valence-electron chi connectivity index (χ4n) is 3.25. The van der Waals surface area contributed by atoms with Gasteiger partial charge in [-0.05, 0) is 23.8 Å². The van der Waals surface area contributed by atoms with Crippen LogP contribution in [0.4, 0.5) is 0 Å². The van der Waals surface area contributed by atoms with Gasteiger partial charge in [0.2, 0.25) is 5.89 Å². The van der Waals surface area contributed by atoms with Gasteiger partial charge in [0.05, 0.1) is 21.6 Å². The third-order valence-corrected chi connectivity index (χ3v) is 5.58. The monoisotopic (exact) mass is 376 g/mol. The predicted octanol–water partition coefficient (Wildman–Crippen LogP) is 3.51. The van der Waals surface area contributed by atoms with Gasteiger partial charge in [0.1, 0.15) is 0 Å². The van der Waals surface area contributed by atoms with Crippen molar-refractivity contribution < 1.29 is 9.32 Å². The van der Waals surface area contributed by atoms with E-state index in [1.807, 2.05) is 53.4 Å². The Morgan fingerprint density at radius 3 is 2.89 bits per heavy atom. The molecule has 3 heterocycles. The van der Waals surface area contributed by atoms with Crippen LogP contribution in [0.25, 0.3) is 10.2 Å². The van der Waals surface area contributed by atoms with Gasteiger partial charge in [-0.25, -0.2) is 4.98 Å². The first kappa shape index (κ1) is 16.1. The van der Waals surface area contributed by atoms with Gasteiger partial charge >= 0.3 is 0 Å². The van der Waals surface area contributed by atoms with Gasteiger partial charge in [-0.1, -0.05) is 35.5 Å². The summed E-state index contributed by atoms with van der Waals surface area (Å²) in [6.07, 6.45) is 0.647. The molecule has 0 unspecified atom stereocenters. The Bertz CT molecular complexity index is 1100. The highest BCUT2D eigenvalue weighted by Gasteiger charge is 2.36. The number of rotatable bonds is 4. The first-order valence-corrected chi connectivity index (χ1v) is 9.63. The zero-order chi connectivity index (χ0) is 18.2. The molecule has 6 nitrogen and oxygen atoms in total. The molecule has 0 saturated carbocycles. The molecule has 1 fully saturated rings. The normalized spacial score (nSPS) is 14.4. The van der Waals surface area contributed by atoms with E-state index < -0.39 is 0 Å². The third kappa shape index (κ3) is 3.10. The van der Waals surface area contributed by atoms with E-state index >= 15 is 0 Å². The Kier molecular flexibility index (Phi) is 3.94. The van der Waals surface area contributed by atoms with Crippen LogP contribution in [0, 0.1) is 0 Å². The number of likely N-dealkylation sites (tertiary alicyclic amines) is 1. The average Bonchev–Trinajstić information content (AvgIpc) is 3.30. The number of amides is 1. The van der Waals surface area contributed by atoms with Crippen molar-refractivity contribution in [3.8, 4) is 0 Å². The molecule has 0 spiro atoms. The van der Waals surface area contributed by atoms with E-state index in [2.05, 4.69) is 15.1 Å². The molecular formula is C20H16N4O2S.